The van der Waals surface area contributed by atoms with E-state index in [1.165, 1.54) is 16.3 Å². The minimum atomic E-state index is -2.01. The van der Waals surface area contributed by atoms with Crippen molar-refractivity contribution in [1.82, 2.24) is 0 Å². The van der Waals surface area contributed by atoms with Gasteiger partial charge < -0.3 is 9.90 Å². The predicted molar refractivity (Wildman–Crippen MR) is 104 cm³/mol. The van der Waals surface area contributed by atoms with Crippen LogP contribution >= 0.6 is 0 Å². The Kier molecular flexibility index (Phi) is 7.48. The van der Waals surface area contributed by atoms with Crippen molar-refractivity contribution in [2.24, 2.45) is 0 Å². The molecule has 0 heterocycles. The second kappa shape index (κ2) is 9.84. The SMILES string of the molecule is C=CC(=O)[O-].Cc1cc[c]([Sn+]([c]2ccccc2)[c]2ccccc2)cc1. The first kappa shape index (κ1) is 19.0. The number of hydrogen-bond donors (Lipinski definition) is 0. The first-order valence-corrected chi connectivity index (χ1v) is 12.3. The number of carbonyl (C=O) groups is 1. The van der Waals surface area contributed by atoms with E-state index >= 15 is 0 Å². The molecule has 0 spiro atoms. The molecular weight excluding hydrogens is 415 g/mol. The second-order valence-corrected chi connectivity index (χ2v) is 12.6. The molecule has 0 amide bonds. The number of aliphatic carboxylic acids is 1. The van der Waals surface area contributed by atoms with Crippen molar-refractivity contribution in [2.75, 3.05) is 0 Å². The average Bonchev–Trinajstić information content (AvgIpc) is 2.66. The first-order chi connectivity index (χ1) is 12.1. The van der Waals surface area contributed by atoms with Gasteiger partial charge in [0.25, 0.3) is 0 Å². The van der Waals surface area contributed by atoms with Crippen LogP contribution in [0.2, 0.25) is 0 Å². The summed E-state index contributed by atoms with van der Waals surface area (Å²) in [5.41, 5.74) is 1.33. The molecule has 0 unspecified atom stereocenters. The standard InChI is InChI=1S/C7H7.2C6H5.C3H4O2.Sn/c1-7-5-3-2-4-6-7;2*1-2-4-6-5-3-1;1-2-3(4)5;/h3-6H,1H3;2*1-5H;2H,1H2,(H,4,5);/q;;;;+1/p-1. The van der Waals surface area contributed by atoms with Crippen LogP contribution < -0.4 is 15.8 Å². The third kappa shape index (κ3) is 5.91. The minimum absolute atomic E-state index is 0.722. The Morgan fingerprint density at radius 3 is 1.52 bits per heavy atom. The molecule has 0 saturated carbocycles. The summed E-state index contributed by atoms with van der Waals surface area (Å²) >= 11 is -2.01. The van der Waals surface area contributed by atoms with E-state index in [-0.39, 0.29) is 0 Å². The molecule has 0 atom stereocenters. The van der Waals surface area contributed by atoms with Crippen molar-refractivity contribution < 1.29 is 9.90 Å². The normalized spacial score (nSPS) is 9.48. The van der Waals surface area contributed by atoms with Crippen molar-refractivity contribution in [3.8, 4) is 0 Å². The van der Waals surface area contributed by atoms with E-state index in [4.69, 9.17) is 9.90 Å². The molecule has 0 aliphatic heterocycles. The van der Waals surface area contributed by atoms with Gasteiger partial charge in [-0.15, -0.1) is 0 Å². The molecule has 0 saturated heterocycles. The monoisotopic (exact) mass is 436 g/mol. The van der Waals surface area contributed by atoms with Crippen molar-refractivity contribution in [3.63, 3.8) is 0 Å². The van der Waals surface area contributed by atoms with Gasteiger partial charge in [0.15, 0.2) is 0 Å². The molecule has 2 nitrogen and oxygen atoms in total. The molecule has 0 N–H and O–H groups in total. The molecule has 3 aromatic carbocycles. The van der Waals surface area contributed by atoms with E-state index in [1.807, 2.05) is 0 Å². The zero-order valence-electron chi connectivity index (χ0n) is 14.2. The van der Waals surface area contributed by atoms with Gasteiger partial charge >= 0.3 is 128 Å². The maximum absolute atomic E-state index is 9.14. The Morgan fingerprint density at radius 1 is 0.800 bits per heavy atom. The van der Waals surface area contributed by atoms with Gasteiger partial charge in [0.2, 0.25) is 0 Å². The third-order valence-electron chi connectivity index (χ3n) is 3.63. The Morgan fingerprint density at radius 2 is 1.16 bits per heavy atom. The molecule has 0 aliphatic rings. The van der Waals surface area contributed by atoms with Crippen molar-refractivity contribution in [1.29, 1.82) is 0 Å². The Labute approximate surface area is 156 Å². The zero-order chi connectivity index (χ0) is 18.1. The van der Waals surface area contributed by atoms with Crippen LogP contribution in [-0.2, 0) is 4.79 Å². The van der Waals surface area contributed by atoms with Gasteiger partial charge in [-0.3, -0.25) is 0 Å². The van der Waals surface area contributed by atoms with E-state index in [0.29, 0.717) is 0 Å². The summed E-state index contributed by atoms with van der Waals surface area (Å²) in [6, 6.07) is 31.1. The van der Waals surface area contributed by atoms with Gasteiger partial charge in [-0.2, -0.15) is 0 Å². The molecular formula is C22H20O2Sn. The summed E-state index contributed by atoms with van der Waals surface area (Å²) in [7, 11) is 0. The van der Waals surface area contributed by atoms with Gasteiger partial charge in [-0.05, 0) is 6.08 Å². The quantitative estimate of drug-likeness (QED) is 0.460. The van der Waals surface area contributed by atoms with Crippen LogP contribution in [0.3, 0.4) is 0 Å². The Bertz CT molecular complexity index is 757. The number of hydrogen-bond acceptors (Lipinski definition) is 2. The molecule has 3 aromatic rings. The first-order valence-electron chi connectivity index (χ1n) is 8.00. The number of carbonyl (C=O) groups excluding carboxylic acids is 1. The van der Waals surface area contributed by atoms with Crippen LogP contribution in [0.25, 0.3) is 0 Å². The number of benzene rings is 3. The topological polar surface area (TPSA) is 40.1 Å². The number of aryl methyl sites for hydroxylation is 1. The van der Waals surface area contributed by atoms with Gasteiger partial charge in [-0.1, -0.05) is 6.58 Å². The van der Waals surface area contributed by atoms with Crippen LogP contribution in [0.1, 0.15) is 5.56 Å². The Balaban J connectivity index is 0.000000399. The van der Waals surface area contributed by atoms with Crippen LogP contribution in [0.5, 0.6) is 0 Å². The van der Waals surface area contributed by atoms with Crippen LogP contribution in [-0.4, -0.2) is 25.7 Å². The van der Waals surface area contributed by atoms with Crippen LogP contribution in [0.4, 0.5) is 0 Å². The van der Waals surface area contributed by atoms with E-state index in [1.54, 1.807) is 0 Å². The molecule has 3 rings (SSSR count). The molecule has 25 heavy (non-hydrogen) atoms. The van der Waals surface area contributed by atoms with Crippen molar-refractivity contribution in [3.05, 3.63) is 103 Å². The number of carboxylic acids is 1. The van der Waals surface area contributed by atoms with Crippen LogP contribution in [0, 0.1) is 6.92 Å². The molecule has 124 valence electrons. The molecule has 0 radical (unpaired) electrons. The second-order valence-electron chi connectivity index (χ2n) is 5.50. The summed E-state index contributed by atoms with van der Waals surface area (Å²) in [6.07, 6.45) is 0.722. The fraction of sp³-hybridized carbons (Fsp3) is 0.0455. The van der Waals surface area contributed by atoms with Crippen LogP contribution in [0.15, 0.2) is 97.6 Å². The Hall–Kier alpha value is -2.33. The summed E-state index contributed by atoms with van der Waals surface area (Å²) < 4.78 is 4.60. The number of rotatable bonds is 4. The molecule has 0 bridgehead atoms. The van der Waals surface area contributed by atoms with Crippen molar-refractivity contribution in [2.45, 2.75) is 6.92 Å². The maximum atomic E-state index is 9.14. The van der Waals surface area contributed by atoms with Gasteiger partial charge in [-0.25, -0.2) is 0 Å². The van der Waals surface area contributed by atoms with E-state index in [2.05, 4.69) is 98.4 Å². The fourth-order valence-electron chi connectivity index (χ4n) is 2.43. The zero-order valence-corrected chi connectivity index (χ0v) is 17.0. The fourth-order valence-corrected chi connectivity index (χ4v) is 9.71. The van der Waals surface area contributed by atoms with Gasteiger partial charge in [0.1, 0.15) is 0 Å². The van der Waals surface area contributed by atoms with E-state index in [0.717, 1.165) is 6.08 Å². The molecule has 0 aromatic heterocycles. The average molecular weight is 435 g/mol. The summed E-state index contributed by atoms with van der Waals surface area (Å²) in [6.45, 7) is 5.05. The summed E-state index contributed by atoms with van der Waals surface area (Å²) in [4.78, 5) is 9.14. The molecule has 0 aliphatic carbocycles. The summed E-state index contributed by atoms with van der Waals surface area (Å²) in [5.74, 6) is -1.23. The summed E-state index contributed by atoms with van der Waals surface area (Å²) in [5, 5.41) is 9.14. The van der Waals surface area contributed by atoms with Gasteiger partial charge in [0, 0.05) is 0 Å². The van der Waals surface area contributed by atoms with E-state index < -0.39 is 25.7 Å². The van der Waals surface area contributed by atoms with Crippen molar-refractivity contribution >= 4 is 36.5 Å². The third-order valence-corrected chi connectivity index (χ3v) is 11.4. The molecule has 3 heteroatoms. The van der Waals surface area contributed by atoms with E-state index in [9.17, 15) is 0 Å². The predicted octanol–water partition coefficient (Wildman–Crippen LogP) is 1.43. The molecule has 0 fully saturated rings. The van der Waals surface area contributed by atoms with Gasteiger partial charge in [0.05, 0.1) is 5.97 Å². The number of carboxylic acid groups (broad SMARTS) is 1.